The summed E-state index contributed by atoms with van der Waals surface area (Å²) in [5, 5.41) is 4.85. The minimum absolute atomic E-state index is 0.100. The maximum Gasteiger partial charge on any atom is 0.265 e. The molecule has 3 heterocycles. The molecule has 0 unspecified atom stereocenters. The Balaban J connectivity index is 1.40. The summed E-state index contributed by atoms with van der Waals surface area (Å²) >= 11 is 0. The molecule has 0 atom stereocenters. The molecule has 2 aromatic heterocycles. The van der Waals surface area contributed by atoms with Crippen LogP contribution in [-0.4, -0.2) is 40.3 Å². The molecule has 1 amide bonds. The molecule has 1 N–H and O–H groups in total. The van der Waals surface area contributed by atoms with Gasteiger partial charge in [-0.15, -0.1) is 0 Å². The lowest BCUT2D eigenvalue weighted by Crippen LogP contribution is -2.40. The third-order valence-corrected chi connectivity index (χ3v) is 9.79. The Morgan fingerprint density at radius 1 is 1.05 bits per heavy atom. The number of aromatic nitrogens is 2. The van der Waals surface area contributed by atoms with Gasteiger partial charge in [-0.05, 0) is 56.9 Å². The Bertz CT molecular complexity index is 1760. The van der Waals surface area contributed by atoms with E-state index in [-0.39, 0.29) is 16.6 Å². The lowest BCUT2D eigenvalue weighted by molar-refractivity contribution is -0.131. The topological polar surface area (TPSA) is 110 Å². The number of aryl methyl sites for hydroxylation is 1. The zero-order chi connectivity index (χ0) is 28.8. The van der Waals surface area contributed by atoms with Gasteiger partial charge in [-0.3, -0.25) is 19.4 Å². The maximum atomic E-state index is 13.8. The zero-order valence-corrected chi connectivity index (χ0v) is 24.5. The highest BCUT2D eigenvalue weighted by atomic mass is 32.2. The van der Waals surface area contributed by atoms with Crippen LogP contribution < -0.4 is 4.72 Å². The number of amides is 1. The first-order valence-electron chi connectivity index (χ1n) is 14.3. The van der Waals surface area contributed by atoms with E-state index in [1.54, 1.807) is 32.0 Å². The van der Waals surface area contributed by atoms with E-state index in [0.29, 0.717) is 23.6 Å². The van der Waals surface area contributed by atoms with Crippen molar-refractivity contribution >= 4 is 38.5 Å². The summed E-state index contributed by atoms with van der Waals surface area (Å²) in [6.45, 7) is 6.03. The van der Waals surface area contributed by atoms with Gasteiger partial charge >= 0.3 is 0 Å². The molecule has 4 aromatic rings. The fraction of sp³-hybridized carbons (Fsp3) is 0.387. The Morgan fingerprint density at radius 2 is 1.78 bits per heavy atom. The van der Waals surface area contributed by atoms with Gasteiger partial charge in [-0.2, -0.15) is 0 Å². The summed E-state index contributed by atoms with van der Waals surface area (Å²) in [4.78, 5) is 20.8. The average Bonchev–Trinajstić information content (AvgIpc) is 3.73. The number of hydrogen-bond donors (Lipinski definition) is 1. The maximum absolute atomic E-state index is 13.8. The van der Waals surface area contributed by atoms with Gasteiger partial charge in [0.05, 0.1) is 17.7 Å². The van der Waals surface area contributed by atoms with E-state index in [0.717, 1.165) is 67.2 Å². The van der Waals surface area contributed by atoms with Gasteiger partial charge in [0.1, 0.15) is 22.0 Å². The van der Waals surface area contributed by atoms with Crippen molar-refractivity contribution in [3.05, 3.63) is 71.6 Å². The van der Waals surface area contributed by atoms with Gasteiger partial charge in [-0.1, -0.05) is 61.7 Å². The third-order valence-electron chi connectivity index (χ3n) is 8.41. The molecule has 2 aliphatic rings. The SMILES string of the molecule is CCCCC1=NC2(CCCC2)C(=O)N1Cc1cn(-c2ccccc2S(=O)(=O)Nc2noc(C)c2C)c2ccccc12. The normalized spacial score (nSPS) is 16.7. The first kappa shape index (κ1) is 27.3. The third kappa shape index (κ3) is 4.73. The van der Waals surface area contributed by atoms with Crippen LogP contribution in [0.25, 0.3) is 16.6 Å². The molecule has 10 heteroatoms. The monoisotopic (exact) mass is 573 g/mol. The lowest BCUT2D eigenvalue weighted by Gasteiger charge is -2.22. The highest BCUT2D eigenvalue weighted by Crippen LogP contribution is 2.41. The second-order valence-corrected chi connectivity index (χ2v) is 12.7. The number of benzene rings is 2. The number of carbonyl (C=O) groups is 1. The summed E-state index contributed by atoms with van der Waals surface area (Å²) in [7, 11) is -4.00. The smallest absolute Gasteiger partial charge is 0.265 e. The van der Waals surface area contributed by atoms with Crippen LogP contribution in [0.15, 0.2) is 69.1 Å². The Hall–Kier alpha value is -3.92. The second-order valence-electron chi connectivity index (χ2n) is 11.1. The molecule has 214 valence electrons. The largest absolute Gasteiger partial charge is 0.359 e. The molecule has 0 radical (unpaired) electrons. The minimum Gasteiger partial charge on any atom is -0.359 e. The molecular weight excluding hydrogens is 538 g/mol. The number of fused-ring (bicyclic) bond motifs is 1. The van der Waals surface area contributed by atoms with Gasteiger partial charge < -0.3 is 9.09 Å². The van der Waals surface area contributed by atoms with Gasteiger partial charge in [0.25, 0.3) is 15.9 Å². The summed E-state index contributed by atoms with van der Waals surface area (Å²) < 4.78 is 36.9. The van der Waals surface area contributed by atoms with Crippen LogP contribution in [0.4, 0.5) is 5.82 Å². The van der Waals surface area contributed by atoms with E-state index >= 15 is 0 Å². The van der Waals surface area contributed by atoms with Gasteiger partial charge in [-0.25, -0.2) is 8.42 Å². The van der Waals surface area contributed by atoms with Crippen molar-refractivity contribution in [1.29, 1.82) is 0 Å². The molecular formula is C31H35N5O4S. The van der Waals surface area contributed by atoms with Crippen LogP contribution in [0.1, 0.15) is 68.8 Å². The molecule has 9 nitrogen and oxygen atoms in total. The fourth-order valence-corrected chi connectivity index (χ4v) is 7.28. The number of anilines is 1. The van der Waals surface area contributed by atoms with E-state index in [1.165, 1.54) is 0 Å². The molecule has 0 saturated heterocycles. The number of carbonyl (C=O) groups excluding carboxylic acids is 1. The summed E-state index contributed by atoms with van der Waals surface area (Å²) in [5.74, 6) is 1.70. The van der Waals surface area contributed by atoms with Crippen molar-refractivity contribution in [2.75, 3.05) is 4.72 Å². The highest BCUT2D eigenvalue weighted by Gasteiger charge is 2.49. The number of rotatable bonds is 9. The molecule has 1 aliphatic heterocycles. The van der Waals surface area contributed by atoms with Crippen molar-refractivity contribution < 1.29 is 17.7 Å². The van der Waals surface area contributed by atoms with E-state index in [2.05, 4.69) is 16.8 Å². The Morgan fingerprint density at radius 3 is 2.51 bits per heavy atom. The zero-order valence-electron chi connectivity index (χ0n) is 23.7. The number of amidine groups is 1. The second kappa shape index (κ2) is 10.5. The van der Waals surface area contributed by atoms with Crippen molar-refractivity contribution in [2.45, 2.75) is 82.7 Å². The van der Waals surface area contributed by atoms with Crippen LogP contribution in [0.3, 0.4) is 0 Å². The van der Waals surface area contributed by atoms with E-state index in [1.807, 2.05) is 46.0 Å². The van der Waals surface area contributed by atoms with Crippen molar-refractivity contribution in [3.63, 3.8) is 0 Å². The predicted octanol–water partition coefficient (Wildman–Crippen LogP) is 6.28. The number of nitrogens with zero attached hydrogens (tertiary/aromatic N) is 4. The predicted molar refractivity (Wildman–Crippen MR) is 159 cm³/mol. The Kier molecular flexibility index (Phi) is 6.97. The molecule has 1 aliphatic carbocycles. The lowest BCUT2D eigenvalue weighted by atomic mass is 9.98. The van der Waals surface area contributed by atoms with Crippen LogP contribution >= 0.6 is 0 Å². The van der Waals surface area contributed by atoms with Crippen LogP contribution in [0.2, 0.25) is 0 Å². The van der Waals surface area contributed by atoms with Crippen molar-refractivity contribution in [3.8, 4) is 5.69 Å². The van der Waals surface area contributed by atoms with Crippen LogP contribution in [0.5, 0.6) is 0 Å². The quantitative estimate of drug-likeness (QED) is 0.253. The molecule has 2 aromatic carbocycles. The molecule has 41 heavy (non-hydrogen) atoms. The summed E-state index contributed by atoms with van der Waals surface area (Å²) in [5.41, 5.74) is 2.32. The first-order chi connectivity index (χ1) is 19.7. The highest BCUT2D eigenvalue weighted by molar-refractivity contribution is 7.92. The van der Waals surface area contributed by atoms with Gasteiger partial charge in [0.15, 0.2) is 5.82 Å². The van der Waals surface area contributed by atoms with Crippen LogP contribution in [-0.2, 0) is 21.4 Å². The average molecular weight is 574 g/mol. The first-order valence-corrected chi connectivity index (χ1v) is 15.8. The van der Waals surface area contributed by atoms with E-state index in [9.17, 15) is 13.2 Å². The van der Waals surface area contributed by atoms with Crippen molar-refractivity contribution in [1.82, 2.24) is 14.6 Å². The number of unbranched alkanes of at least 4 members (excludes halogenated alkanes) is 1. The fourth-order valence-electron chi connectivity index (χ4n) is 6.02. The standard InChI is InChI=1S/C31H35N5O4S/c1-4-5-16-28-32-31(17-10-11-18-31)30(37)36(28)20-23-19-35(25-13-7-6-12-24(23)25)26-14-8-9-15-27(26)41(38,39)34-29-21(2)22(3)40-33-29/h6-9,12-15,19H,4-5,10-11,16-18,20H2,1-3H3,(H,33,34). The summed E-state index contributed by atoms with van der Waals surface area (Å²) in [6.07, 6.45) is 8.39. The number of para-hydroxylation sites is 2. The molecule has 1 fully saturated rings. The number of nitrogens with one attached hydrogen (secondary N) is 1. The molecule has 1 saturated carbocycles. The van der Waals surface area contributed by atoms with E-state index in [4.69, 9.17) is 9.52 Å². The number of aliphatic imine (C=N–C) groups is 1. The number of sulfonamides is 1. The number of hydrogen-bond acceptors (Lipinski definition) is 6. The van der Waals surface area contributed by atoms with E-state index < -0.39 is 15.6 Å². The molecule has 0 bridgehead atoms. The van der Waals surface area contributed by atoms with Gasteiger partial charge in [0, 0.05) is 23.6 Å². The molecule has 6 rings (SSSR count). The van der Waals surface area contributed by atoms with Gasteiger partial charge in [0.2, 0.25) is 0 Å². The van der Waals surface area contributed by atoms with Crippen LogP contribution in [0, 0.1) is 13.8 Å². The Labute approximate surface area is 240 Å². The van der Waals surface area contributed by atoms with Crippen molar-refractivity contribution in [2.24, 2.45) is 4.99 Å². The summed E-state index contributed by atoms with van der Waals surface area (Å²) in [6, 6.07) is 14.8. The molecule has 1 spiro atoms. The minimum atomic E-state index is -4.00.